The van der Waals surface area contributed by atoms with Crippen molar-refractivity contribution in [3.63, 3.8) is 0 Å². The Bertz CT molecular complexity index is 1010. The zero-order valence-electron chi connectivity index (χ0n) is 16.2. The van der Waals surface area contributed by atoms with Gasteiger partial charge in [-0.2, -0.15) is 0 Å². The first-order chi connectivity index (χ1) is 14.0. The van der Waals surface area contributed by atoms with Crippen LogP contribution in [-0.4, -0.2) is 22.7 Å². The number of hydrogen-bond donors (Lipinski definition) is 3. The number of benzene rings is 2. The molecule has 3 N–H and O–H groups in total. The molecule has 1 amide bonds. The summed E-state index contributed by atoms with van der Waals surface area (Å²) in [6.45, 7) is 4.28. The van der Waals surface area contributed by atoms with Gasteiger partial charge in [-0.15, -0.1) is 0 Å². The summed E-state index contributed by atoms with van der Waals surface area (Å²) in [7, 11) is 0. The van der Waals surface area contributed by atoms with Crippen molar-refractivity contribution in [2.75, 3.05) is 11.9 Å². The van der Waals surface area contributed by atoms with E-state index in [1.807, 2.05) is 38.1 Å². The monoisotopic (exact) mass is 410 g/mol. The quantitative estimate of drug-likeness (QED) is 0.526. The van der Waals surface area contributed by atoms with Crippen LogP contribution in [0.15, 0.2) is 59.0 Å². The molecule has 0 unspecified atom stereocenters. The van der Waals surface area contributed by atoms with Crippen molar-refractivity contribution >= 4 is 28.9 Å². The van der Waals surface area contributed by atoms with Crippen LogP contribution in [0.3, 0.4) is 0 Å². The standard InChI is InChI=1S/C22H22N2O4S/c1-3-27-17-7-4-15(5-8-17)21(26)24-22(29)23-16-6-10-19(14(2)12-16)20-11-9-18(13-25)28-20/h4-12,25H,3,13H2,1-2H3,(H2,23,24,26,29). The molecule has 2 aromatic carbocycles. The number of ether oxygens (including phenoxy) is 1. The number of carbonyl (C=O) groups is 1. The van der Waals surface area contributed by atoms with Crippen LogP contribution >= 0.6 is 12.2 Å². The molecular formula is C22H22N2O4S. The maximum Gasteiger partial charge on any atom is 0.257 e. The summed E-state index contributed by atoms with van der Waals surface area (Å²) in [5.41, 5.74) is 3.12. The fourth-order valence-electron chi connectivity index (χ4n) is 2.83. The van der Waals surface area contributed by atoms with E-state index in [0.717, 1.165) is 16.8 Å². The van der Waals surface area contributed by atoms with Crippen LogP contribution in [-0.2, 0) is 6.61 Å². The van der Waals surface area contributed by atoms with E-state index in [9.17, 15) is 4.79 Å². The van der Waals surface area contributed by atoms with Gasteiger partial charge in [0.2, 0.25) is 0 Å². The summed E-state index contributed by atoms with van der Waals surface area (Å²) in [5.74, 6) is 1.61. The lowest BCUT2D eigenvalue weighted by Crippen LogP contribution is -2.34. The third-order valence-corrected chi connectivity index (χ3v) is 4.43. The van der Waals surface area contributed by atoms with Gasteiger partial charge in [-0.1, -0.05) is 0 Å². The Morgan fingerprint density at radius 3 is 2.52 bits per heavy atom. The second-order valence-corrected chi connectivity index (χ2v) is 6.73. The van der Waals surface area contributed by atoms with Crippen molar-refractivity contribution in [1.82, 2.24) is 5.32 Å². The largest absolute Gasteiger partial charge is 0.494 e. The summed E-state index contributed by atoms with van der Waals surface area (Å²) < 4.78 is 11.0. The fraction of sp³-hybridized carbons (Fsp3) is 0.182. The lowest BCUT2D eigenvalue weighted by Gasteiger charge is -2.12. The molecule has 3 rings (SSSR count). The predicted molar refractivity (Wildman–Crippen MR) is 116 cm³/mol. The number of hydrogen-bond acceptors (Lipinski definition) is 5. The highest BCUT2D eigenvalue weighted by atomic mass is 32.1. The summed E-state index contributed by atoms with van der Waals surface area (Å²) >= 11 is 5.25. The first kappa shape index (κ1) is 20.6. The molecule has 0 spiro atoms. The van der Waals surface area contributed by atoms with Crippen LogP contribution in [0.5, 0.6) is 5.75 Å². The van der Waals surface area contributed by atoms with Gasteiger partial charge in [0, 0.05) is 16.8 Å². The maximum atomic E-state index is 12.3. The second-order valence-electron chi connectivity index (χ2n) is 6.32. The molecule has 0 saturated heterocycles. The lowest BCUT2D eigenvalue weighted by atomic mass is 10.1. The highest BCUT2D eigenvalue weighted by molar-refractivity contribution is 7.80. The van der Waals surface area contributed by atoms with E-state index in [2.05, 4.69) is 10.6 Å². The number of anilines is 1. The lowest BCUT2D eigenvalue weighted by molar-refractivity contribution is 0.0977. The molecular weight excluding hydrogens is 388 g/mol. The van der Waals surface area contributed by atoms with E-state index in [-0.39, 0.29) is 17.6 Å². The molecule has 29 heavy (non-hydrogen) atoms. The number of thiocarbonyl (C=S) groups is 1. The van der Waals surface area contributed by atoms with Gasteiger partial charge in [0.25, 0.3) is 5.91 Å². The van der Waals surface area contributed by atoms with Gasteiger partial charge in [-0.3, -0.25) is 10.1 Å². The molecule has 0 bridgehead atoms. The van der Waals surface area contributed by atoms with Gasteiger partial charge in [0.05, 0.1) is 6.61 Å². The minimum absolute atomic E-state index is 0.138. The summed E-state index contributed by atoms with van der Waals surface area (Å²) in [5, 5.41) is 15.0. The third-order valence-electron chi connectivity index (χ3n) is 4.22. The Balaban J connectivity index is 1.62. The van der Waals surface area contributed by atoms with Crippen molar-refractivity contribution in [3.05, 3.63) is 71.5 Å². The molecule has 150 valence electrons. The molecule has 0 aliphatic heterocycles. The molecule has 0 aliphatic carbocycles. The van der Waals surface area contributed by atoms with Crippen LogP contribution in [0.25, 0.3) is 11.3 Å². The van der Waals surface area contributed by atoms with Gasteiger partial charge in [0.1, 0.15) is 23.9 Å². The van der Waals surface area contributed by atoms with Crippen molar-refractivity contribution in [2.45, 2.75) is 20.5 Å². The minimum Gasteiger partial charge on any atom is -0.494 e. The number of aliphatic hydroxyl groups excluding tert-OH is 1. The maximum absolute atomic E-state index is 12.3. The van der Waals surface area contributed by atoms with E-state index >= 15 is 0 Å². The van der Waals surface area contributed by atoms with E-state index in [0.29, 0.717) is 29.4 Å². The Kier molecular flexibility index (Phi) is 6.64. The average Bonchev–Trinajstić information content (AvgIpc) is 3.17. The predicted octanol–water partition coefficient (Wildman–Crippen LogP) is 4.27. The molecule has 0 radical (unpaired) electrons. The molecule has 6 nitrogen and oxygen atoms in total. The van der Waals surface area contributed by atoms with Gasteiger partial charge in [-0.05, 0) is 86.2 Å². The zero-order chi connectivity index (χ0) is 20.8. The molecule has 1 heterocycles. The van der Waals surface area contributed by atoms with Crippen LogP contribution in [0.4, 0.5) is 5.69 Å². The van der Waals surface area contributed by atoms with Gasteiger partial charge >= 0.3 is 0 Å². The van der Waals surface area contributed by atoms with E-state index in [1.54, 1.807) is 30.3 Å². The Labute approximate surface area is 174 Å². The summed E-state index contributed by atoms with van der Waals surface area (Å²) in [4.78, 5) is 12.3. The topological polar surface area (TPSA) is 83.7 Å². The first-order valence-corrected chi connectivity index (χ1v) is 9.56. The molecule has 1 aromatic heterocycles. The minimum atomic E-state index is -0.300. The van der Waals surface area contributed by atoms with Crippen LogP contribution in [0.1, 0.15) is 28.6 Å². The Morgan fingerprint density at radius 1 is 1.14 bits per heavy atom. The number of amides is 1. The number of nitrogens with one attached hydrogen (secondary N) is 2. The van der Waals surface area contributed by atoms with Crippen molar-refractivity contribution in [1.29, 1.82) is 0 Å². The van der Waals surface area contributed by atoms with E-state index in [4.69, 9.17) is 26.5 Å². The van der Waals surface area contributed by atoms with Crippen LogP contribution < -0.4 is 15.4 Å². The smallest absolute Gasteiger partial charge is 0.257 e. The van der Waals surface area contributed by atoms with Gasteiger partial charge in [0.15, 0.2) is 5.11 Å². The third kappa shape index (κ3) is 5.22. The summed E-state index contributed by atoms with van der Waals surface area (Å²) in [6.07, 6.45) is 0. The number of rotatable bonds is 6. The first-order valence-electron chi connectivity index (χ1n) is 9.16. The van der Waals surface area contributed by atoms with Crippen molar-refractivity contribution in [3.8, 4) is 17.1 Å². The molecule has 3 aromatic rings. The molecule has 0 atom stereocenters. The normalized spacial score (nSPS) is 10.4. The molecule has 0 saturated carbocycles. The molecule has 7 heteroatoms. The zero-order valence-corrected chi connectivity index (χ0v) is 17.0. The molecule has 0 fully saturated rings. The fourth-order valence-corrected chi connectivity index (χ4v) is 3.04. The SMILES string of the molecule is CCOc1ccc(C(=O)NC(=S)Nc2ccc(-c3ccc(CO)o3)c(C)c2)cc1. The second kappa shape index (κ2) is 9.36. The van der Waals surface area contributed by atoms with Crippen molar-refractivity contribution < 1.29 is 19.1 Å². The Morgan fingerprint density at radius 2 is 1.90 bits per heavy atom. The van der Waals surface area contributed by atoms with E-state index < -0.39 is 0 Å². The summed E-state index contributed by atoms with van der Waals surface area (Å²) in [6, 6.07) is 16.1. The molecule has 0 aliphatic rings. The number of carbonyl (C=O) groups excluding carboxylic acids is 1. The highest BCUT2D eigenvalue weighted by Gasteiger charge is 2.11. The number of aliphatic hydroxyl groups is 1. The van der Waals surface area contributed by atoms with Crippen molar-refractivity contribution in [2.24, 2.45) is 0 Å². The van der Waals surface area contributed by atoms with Crippen LogP contribution in [0.2, 0.25) is 0 Å². The van der Waals surface area contributed by atoms with Gasteiger partial charge < -0.3 is 19.6 Å². The highest BCUT2D eigenvalue weighted by Crippen LogP contribution is 2.27. The average molecular weight is 410 g/mol. The number of aryl methyl sites for hydroxylation is 1. The van der Waals surface area contributed by atoms with Gasteiger partial charge in [-0.25, -0.2) is 0 Å². The van der Waals surface area contributed by atoms with E-state index in [1.165, 1.54) is 0 Å². The Hall–Kier alpha value is -3.16. The van der Waals surface area contributed by atoms with Crippen LogP contribution in [0, 0.1) is 6.92 Å². The number of furan rings is 1.